The van der Waals surface area contributed by atoms with Crippen molar-refractivity contribution in [3.63, 3.8) is 0 Å². The van der Waals surface area contributed by atoms with E-state index in [1.165, 1.54) is 0 Å². The van der Waals surface area contributed by atoms with Crippen molar-refractivity contribution in [1.82, 2.24) is 20.4 Å². The Morgan fingerprint density at radius 2 is 2.06 bits per heavy atom. The molecule has 31 heavy (non-hydrogen) atoms. The lowest BCUT2D eigenvalue weighted by atomic mass is 9.98. The van der Waals surface area contributed by atoms with E-state index in [-0.39, 0.29) is 17.8 Å². The number of aliphatic imine (C=N–C) groups is 1. The summed E-state index contributed by atoms with van der Waals surface area (Å²) in [7, 11) is 3.95. The van der Waals surface area contributed by atoms with Gasteiger partial charge in [0.15, 0.2) is 5.96 Å². The van der Waals surface area contributed by atoms with E-state index < -0.39 is 0 Å². The van der Waals surface area contributed by atoms with E-state index in [9.17, 15) is 9.59 Å². The number of piperidine rings is 1. The standard InChI is InChI=1S/C23H37N5O3/c1-5-24-23(28-13-8-11-20(17-28)22(30)31-6-2)26-16-18-9-7-10-19(15-18)21(29)25-12-14-27(3)4/h7,9-10,15,20H,5-6,8,11-14,16-17H2,1-4H3,(H,24,26)(H,25,29). The molecule has 0 bridgehead atoms. The number of esters is 1. The van der Waals surface area contributed by atoms with E-state index in [2.05, 4.69) is 15.5 Å². The number of carbonyl (C=O) groups is 2. The Hall–Kier alpha value is -2.61. The molecule has 1 aromatic carbocycles. The first-order valence-corrected chi connectivity index (χ1v) is 11.2. The lowest BCUT2D eigenvalue weighted by molar-refractivity contribution is -0.149. The molecule has 0 spiro atoms. The van der Waals surface area contributed by atoms with Crippen LogP contribution >= 0.6 is 0 Å². The SMILES string of the molecule is CCNC(=NCc1cccc(C(=O)NCCN(C)C)c1)N1CCCC(C(=O)OCC)C1. The highest BCUT2D eigenvalue weighted by molar-refractivity contribution is 5.94. The second kappa shape index (κ2) is 12.9. The number of benzene rings is 1. The van der Waals surface area contributed by atoms with Crippen LogP contribution in [0.5, 0.6) is 0 Å². The van der Waals surface area contributed by atoms with Gasteiger partial charge in [0.1, 0.15) is 0 Å². The van der Waals surface area contributed by atoms with Crippen LogP contribution in [0.3, 0.4) is 0 Å². The third-order valence-electron chi connectivity index (χ3n) is 5.12. The first kappa shape index (κ1) is 24.7. The lowest BCUT2D eigenvalue weighted by Crippen LogP contribution is -2.48. The molecule has 0 aliphatic carbocycles. The maximum atomic E-state index is 12.4. The molecule has 1 heterocycles. The van der Waals surface area contributed by atoms with Crippen molar-refractivity contribution >= 4 is 17.8 Å². The molecule has 1 saturated heterocycles. The Balaban J connectivity index is 2.03. The number of nitrogens with zero attached hydrogens (tertiary/aromatic N) is 3. The van der Waals surface area contributed by atoms with Gasteiger partial charge in [0, 0.05) is 38.3 Å². The summed E-state index contributed by atoms with van der Waals surface area (Å²) in [4.78, 5) is 33.5. The minimum atomic E-state index is -0.129. The van der Waals surface area contributed by atoms with Gasteiger partial charge in [-0.25, -0.2) is 4.99 Å². The fraction of sp³-hybridized carbons (Fsp3) is 0.609. The summed E-state index contributed by atoms with van der Waals surface area (Å²) >= 11 is 0. The van der Waals surface area contributed by atoms with Crippen LogP contribution in [0.15, 0.2) is 29.3 Å². The topological polar surface area (TPSA) is 86.3 Å². The first-order valence-electron chi connectivity index (χ1n) is 11.2. The van der Waals surface area contributed by atoms with Crippen LogP contribution in [0.1, 0.15) is 42.6 Å². The van der Waals surface area contributed by atoms with Crippen molar-refractivity contribution < 1.29 is 14.3 Å². The maximum Gasteiger partial charge on any atom is 0.310 e. The molecule has 1 aliphatic heterocycles. The summed E-state index contributed by atoms with van der Waals surface area (Å²) in [5.74, 6) is 0.466. The molecule has 1 aliphatic rings. The van der Waals surface area contributed by atoms with Gasteiger partial charge in [0.2, 0.25) is 0 Å². The van der Waals surface area contributed by atoms with E-state index in [4.69, 9.17) is 9.73 Å². The molecule has 0 aromatic heterocycles. The lowest BCUT2D eigenvalue weighted by Gasteiger charge is -2.34. The van der Waals surface area contributed by atoms with E-state index in [1.807, 2.05) is 57.1 Å². The number of hydrogen-bond acceptors (Lipinski definition) is 5. The average molecular weight is 432 g/mol. The molecule has 1 atom stereocenters. The van der Waals surface area contributed by atoms with Crippen LogP contribution in [0.25, 0.3) is 0 Å². The number of amides is 1. The third-order valence-corrected chi connectivity index (χ3v) is 5.12. The molecular weight excluding hydrogens is 394 g/mol. The van der Waals surface area contributed by atoms with Gasteiger partial charge in [-0.2, -0.15) is 0 Å². The van der Waals surface area contributed by atoms with Crippen molar-refractivity contribution in [1.29, 1.82) is 0 Å². The Kier molecular flexibility index (Phi) is 10.3. The fourth-order valence-electron chi connectivity index (χ4n) is 3.52. The Labute approximate surface area is 186 Å². The van der Waals surface area contributed by atoms with Gasteiger partial charge < -0.3 is 25.2 Å². The second-order valence-corrected chi connectivity index (χ2v) is 7.97. The first-order chi connectivity index (χ1) is 14.9. The Bertz CT molecular complexity index is 750. The van der Waals surface area contributed by atoms with Crippen molar-refractivity contribution in [2.75, 3.05) is 53.4 Å². The maximum absolute atomic E-state index is 12.4. The quantitative estimate of drug-likeness (QED) is 0.352. The van der Waals surface area contributed by atoms with Crippen LogP contribution in [0.2, 0.25) is 0 Å². The predicted molar refractivity (Wildman–Crippen MR) is 123 cm³/mol. The van der Waals surface area contributed by atoms with E-state index >= 15 is 0 Å². The molecular formula is C23H37N5O3. The molecule has 8 heteroatoms. The van der Waals surface area contributed by atoms with Crippen molar-refractivity contribution in [3.05, 3.63) is 35.4 Å². The van der Waals surface area contributed by atoms with Gasteiger partial charge in [-0.05, 0) is 58.5 Å². The van der Waals surface area contributed by atoms with Gasteiger partial charge in [-0.15, -0.1) is 0 Å². The monoisotopic (exact) mass is 431 g/mol. The summed E-state index contributed by atoms with van der Waals surface area (Å²) in [5, 5.41) is 6.27. The van der Waals surface area contributed by atoms with Gasteiger partial charge in [-0.1, -0.05) is 12.1 Å². The number of nitrogens with one attached hydrogen (secondary N) is 2. The summed E-state index contributed by atoms with van der Waals surface area (Å²) in [6, 6.07) is 7.56. The van der Waals surface area contributed by atoms with Crippen molar-refractivity contribution in [2.24, 2.45) is 10.9 Å². The number of rotatable bonds is 9. The van der Waals surface area contributed by atoms with E-state index in [0.717, 1.165) is 44.0 Å². The van der Waals surface area contributed by atoms with Gasteiger partial charge in [0.25, 0.3) is 5.91 Å². The van der Waals surface area contributed by atoms with Crippen LogP contribution in [-0.2, 0) is 16.1 Å². The number of carbonyl (C=O) groups excluding carboxylic acids is 2. The summed E-state index contributed by atoms with van der Waals surface area (Å²) in [5.41, 5.74) is 1.60. The predicted octanol–water partition coefficient (Wildman–Crippen LogP) is 1.72. The normalized spacial score (nSPS) is 16.9. The molecule has 1 fully saturated rings. The molecule has 1 amide bonds. The van der Waals surface area contributed by atoms with E-state index in [0.29, 0.717) is 31.8 Å². The third kappa shape index (κ3) is 8.20. The number of likely N-dealkylation sites (tertiary alicyclic amines) is 1. The smallest absolute Gasteiger partial charge is 0.310 e. The minimum Gasteiger partial charge on any atom is -0.466 e. The van der Waals surface area contributed by atoms with Gasteiger partial charge in [-0.3, -0.25) is 9.59 Å². The highest BCUT2D eigenvalue weighted by Gasteiger charge is 2.28. The van der Waals surface area contributed by atoms with Crippen LogP contribution in [-0.4, -0.2) is 81.1 Å². The molecule has 0 radical (unpaired) electrons. The molecule has 2 rings (SSSR count). The largest absolute Gasteiger partial charge is 0.466 e. The number of ether oxygens (including phenoxy) is 1. The molecule has 0 saturated carbocycles. The van der Waals surface area contributed by atoms with Crippen LogP contribution in [0.4, 0.5) is 0 Å². The number of hydrogen-bond donors (Lipinski definition) is 2. The highest BCUT2D eigenvalue weighted by Crippen LogP contribution is 2.18. The highest BCUT2D eigenvalue weighted by atomic mass is 16.5. The van der Waals surface area contributed by atoms with Crippen molar-refractivity contribution in [2.45, 2.75) is 33.2 Å². The zero-order valence-corrected chi connectivity index (χ0v) is 19.3. The Morgan fingerprint density at radius 1 is 1.26 bits per heavy atom. The number of guanidine groups is 1. The van der Waals surface area contributed by atoms with Crippen LogP contribution < -0.4 is 10.6 Å². The second-order valence-electron chi connectivity index (χ2n) is 7.97. The fourth-order valence-corrected chi connectivity index (χ4v) is 3.52. The van der Waals surface area contributed by atoms with Gasteiger partial charge in [0.05, 0.1) is 19.1 Å². The average Bonchev–Trinajstić information content (AvgIpc) is 2.76. The van der Waals surface area contributed by atoms with Crippen LogP contribution in [0, 0.1) is 5.92 Å². The van der Waals surface area contributed by atoms with Gasteiger partial charge >= 0.3 is 5.97 Å². The zero-order chi connectivity index (χ0) is 22.6. The van der Waals surface area contributed by atoms with Crippen molar-refractivity contribution in [3.8, 4) is 0 Å². The molecule has 8 nitrogen and oxygen atoms in total. The summed E-state index contributed by atoms with van der Waals surface area (Å²) in [6.07, 6.45) is 1.77. The molecule has 1 unspecified atom stereocenters. The minimum absolute atomic E-state index is 0.0760. The molecule has 1 aromatic rings. The zero-order valence-electron chi connectivity index (χ0n) is 19.3. The summed E-state index contributed by atoms with van der Waals surface area (Å²) < 4.78 is 5.21. The summed E-state index contributed by atoms with van der Waals surface area (Å²) in [6.45, 7) is 8.34. The van der Waals surface area contributed by atoms with E-state index in [1.54, 1.807) is 0 Å². The number of likely N-dealkylation sites (N-methyl/N-ethyl adjacent to an activating group) is 1. The molecule has 2 N–H and O–H groups in total. The molecule has 172 valence electrons. The Morgan fingerprint density at radius 3 is 2.77 bits per heavy atom.